The molecule has 1 atom stereocenters. The fraction of sp³-hybridized carbons (Fsp3) is 0.250. The van der Waals surface area contributed by atoms with E-state index in [2.05, 4.69) is 0 Å². The summed E-state index contributed by atoms with van der Waals surface area (Å²) in [6, 6.07) is 9.03. The summed E-state index contributed by atoms with van der Waals surface area (Å²) in [5.74, 6) is 0.425. The van der Waals surface area contributed by atoms with E-state index in [9.17, 15) is 8.78 Å². The molecule has 2 N–H and O–H groups in total. The highest BCUT2D eigenvalue weighted by molar-refractivity contribution is 5.38. The number of fused-ring (bicyclic) bond motifs is 1. The third-order valence-corrected chi connectivity index (χ3v) is 3.47. The largest absolute Gasteiger partial charge is 0.489 e. The van der Waals surface area contributed by atoms with Gasteiger partial charge in [0.2, 0.25) is 0 Å². The number of hydrogen-bond donors (Lipinski definition) is 1. The zero-order valence-corrected chi connectivity index (χ0v) is 11.3. The summed E-state index contributed by atoms with van der Waals surface area (Å²) in [5.41, 5.74) is 6.70. The van der Waals surface area contributed by atoms with E-state index in [-0.39, 0.29) is 30.9 Å². The van der Waals surface area contributed by atoms with Gasteiger partial charge >= 0.3 is 0 Å². The number of rotatable bonds is 4. The van der Waals surface area contributed by atoms with Crippen molar-refractivity contribution in [2.75, 3.05) is 6.61 Å². The van der Waals surface area contributed by atoms with Gasteiger partial charge in [-0.25, -0.2) is 8.78 Å². The number of ether oxygens (including phenoxy) is 2. The highest BCUT2D eigenvalue weighted by Crippen LogP contribution is 2.30. The van der Waals surface area contributed by atoms with Crippen LogP contribution in [-0.4, -0.2) is 12.7 Å². The molecule has 1 aliphatic rings. The van der Waals surface area contributed by atoms with Crippen molar-refractivity contribution in [2.24, 2.45) is 5.73 Å². The van der Waals surface area contributed by atoms with E-state index in [1.165, 1.54) is 18.2 Å². The van der Waals surface area contributed by atoms with Crippen LogP contribution in [0.4, 0.5) is 8.78 Å². The molecule has 0 fully saturated rings. The van der Waals surface area contributed by atoms with E-state index in [4.69, 9.17) is 15.2 Å². The lowest BCUT2D eigenvalue weighted by Gasteiger charge is -2.15. The predicted octanol–water partition coefficient (Wildman–Crippen LogP) is 2.81. The Hall–Kier alpha value is -2.14. The fourth-order valence-corrected chi connectivity index (χ4v) is 2.44. The second-order valence-corrected chi connectivity index (χ2v) is 4.93. The maximum absolute atomic E-state index is 13.6. The zero-order valence-electron chi connectivity index (χ0n) is 11.3. The standard InChI is InChI=1S/C16H15F2NO2/c17-11-4-5-15-10(6-11)7-12(21-15)9-20-16-3-1-2-14(18)13(16)8-19/h1-6,12H,7-9,19H2. The molecule has 2 aromatic rings. The summed E-state index contributed by atoms with van der Waals surface area (Å²) >= 11 is 0. The summed E-state index contributed by atoms with van der Waals surface area (Å²) in [7, 11) is 0. The van der Waals surface area contributed by atoms with Gasteiger partial charge in [-0.15, -0.1) is 0 Å². The summed E-state index contributed by atoms with van der Waals surface area (Å²) in [5, 5.41) is 0. The molecule has 1 unspecified atom stereocenters. The van der Waals surface area contributed by atoms with Crippen molar-refractivity contribution in [1.29, 1.82) is 0 Å². The van der Waals surface area contributed by atoms with E-state index in [0.717, 1.165) is 5.56 Å². The van der Waals surface area contributed by atoms with Crippen molar-refractivity contribution in [3.8, 4) is 11.5 Å². The van der Waals surface area contributed by atoms with Crippen molar-refractivity contribution in [3.63, 3.8) is 0 Å². The van der Waals surface area contributed by atoms with Gasteiger partial charge in [-0.2, -0.15) is 0 Å². The van der Waals surface area contributed by atoms with Crippen LogP contribution < -0.4 is 15.2 Å². The molecular weight excluding hydrogens is 276 g/mol. The van der Waals surface area contributed by atoms with Gasteiger partial charge in [0.1, 0.15) is 35.8 Å². The molecule has 0 saturated heterocycles. The highest BCUT2D eigenvalue weighted by Gasteiger charge is 2.24. The number of benzene rings is 2. The first-order valence-corrected chi connectivity index (χ1v) is 6.72. The molecule has 0 amide bonds. The Morgan fingerprint density at radius 2 is 2.10 bits per heavy atom. The maximum Gasteiger partial charge on any atom is 0.137 e. The Balaban J connectivity index is 1.66. The maximum atomic E-state index is 13.6. The molecule has 1 heterocycles. The fourth-order valence-electron chi connectivity index (χ4n) is 2.44. The van der Waals surface area contributed by atoms with Crippen molar-refractivity contribution in [3.05, 3.63) is 59.2 Å². The highest BCUT2D eigenvalue weighted by atomic mass is 19.1. The molecule has 21 heavy (non-hydrogen) atoms. The summed E-state index contributed by atoms with van der Waals surface area (Å²) in [6.07, 6.45) is 0.357. The quantitative estimate of drug-likeness (QED) is 0.942. The topological polar surface area (TPSA) is 44.5 Å². The second-order valence-electron chi connectivity index (χ2n) is 4.93. The molecule has 3 nitrogen and oxygen atoms in total. The minimum Gasteiger partial charge on any atom is -0.489 e. The van der Waals surface area contributed by atoms with E-state index in [1.54, 1.807) is 18.2 Å². The first kappa shape index (κ1) is 13.8. The van der Waals surface area contributed by atoms with Crippen LogP contribution in [0.1, 0.15) is 11.1 Å². The van der Waals surface area contributed by atoms with Crippen LogP contribution in [0.15, 0.2) is 36.4 Å². The molecule has 5 heteroatoms. The molecule has 0 aliphatic carbocycles. The first-order chi connectivity index (χ1) is 10.2. The van der Waals surface area contributed by atoms with E-state index in [1.807, 2.05) is 0 Å². The van der Waals surface area contributed by atoms with E-state index < -0.39 is 0 Å². The Bertz CT molecular complexity index is 661. The van der Waals surface area contributed by atoms with Crippen LogP contribution in [0.3, 0.4) is 0 Å². The monoisotopic (exact) mass is 291 g/mol. The summed E-state index contributed by atoms with van der Waals surface area (Å²) in [6.45, 7) is 0.325. The Morgan fingerprint density at radius 3 is 2.90 bits per heavy atom. The number of nitrogens with two attached hydrogens (primary N) is 1. The molecule has 2 aromatic carbocycles. The minimum absolute atomic E-state index is 0.0684. The number of hydrogen-bond acceptors (Lipinski definition) is 3. The lowest BCUT2D eigenvalue weighted by molar-refractivity contribution is 0.147. The van der Waals surface area contributed by atoms with Gasteiger partial charge in [0, 0.05) is 24.1 Å². The summed E-state index contributed by atoms with van der Waals surface area (Å²) in [4.78, 5) is 0. The molecular formula is C16H15F2NO2. The molecule has 0 radical (unpaired) electrons. The lowest BCUT2D eigenvalue weighted by atomic mass is 10.1. The van der Waals surface area contributed by atoms with E-state index >= 15 is 0 Å². The second kappa shape index (κ2) is 5.69. The molecule has 3 rings (SSSR count). The van der Waals surface area contributed by atoms with Crippen LogP contribution in [0, 0.1) is 11.6 Å². The van der Waals surface area contributed by atoms with Crippen molar-refractivity contribution in [2.45, 2.75) is 19.1 Å². The normalized spacial score (nSPS) is 16.4. The SMILES string of the molecule is NCc1c(F)cccc1OCC1Cc2cc(F)ccc2O1. The summed E-state index contributed by atoms with van der Waals surface area (Å²) < 4.78 is 38.0. The van der Waals surface area contributed by atoms with Gasteiger partial charge in [-0.3, -0.25) is 0 Å². The molecule has 0 bridgehead atoms. The van der Waals surface area contributed by atoms with Gasteiger partial charge in [0.05, 0.1) is 0 Å². The van der Waals surface area contributed by atoms with Gasteiger partial charge in [0.15, 0.2) is 0 Å². The Labute approximate surface area is 121 Å². The van der Waals surface area contributed by atoms with Crippen LogP contribution in [0.2, 0.25) is 0 Å². The smallest absolute Gasteiger partial charge is 0.137 e. The Kier molecular flexibility index (Phi) is 3.75. The van der Waals surface area contributed by atoms with Gasteiger partial charge < -0.3 is 15.2 Å². The lowest BCUT2D eigenvalue weighted by Crippen LogP contribution is -2.23. The van der Waals surface area contributed by atoms with Gasteiger partial charge in [0.25, 0.3) is 0 Å². The third kappa shape index (κ3) is 2.83. The minimum atomic E-state index is -0.382. The van der Waals surface area contributed by atoms with Crippen LogP contribution in [-0.2, 0) is 13.0 Å². The van der Waals surface area contributed by atoms with E-state index in [0.29, 0.717) is 23.5 Å². The molecule has 0 spiro atoms. The molecule has 1 aliphatic heterocycles. The zero-order chi connectivity index (χ0) is 14.8. The number of halogens is 2. The third-order valence-electron chi connectivity index (χ3n) is 3.47. The Morgan fingerprint density at radius 1 is 1.24 bits per heavy atom. The predicted molar refractivity (Wildman–Crippen MR) is 74.3 cm³/mol. The molecule has 0 aromatic heterocycles. The molecule has 110 valence electrons. The van der Waals surface area contributed by atoms with Crippen LogP contribution in [0.5, 0.6) is 11.5 Å². The van der Waals surface area contributed by atoms with Crippen LogP contribution in [0.25, 0.3) is 0 Å². The van der Waals surface area contributed by atoms with Gasteiger partial charge in [-0.05, 0) is 30.3 Å². The first-order valence-electron chi connectivity index (χ1n) is 6.72. The van der Waals surface area contributed by atoms with Crippen molar-refractivity contribution >= 4 is 0 Å². The average molecular weight is 291 g/mol. The van der Waals surface area contributed by atoms with Crippen molar-refractivity contribution < 1.29 is 18.3 Å². The molecule has 0 saturated carbocycles. The van der Waals surface area contributed by atoms with Crippen molar-refractivity contribution in [1.82, 2.24) is 0 Å². The van der Waals surface area contributed by atoms with Crippen LogP contribution >= 0.6 is 0 Å². The average Bonchev–Trinajstić information content (AvgIpc) is 2.87. The van der Waals surface area contributed by atoms with Gasteiger partial charge in [-0.1, -0.05) is 6.07 Å².